The van der Waals surface area contributed by atoms with E-state index in [0.717, 1.165) is 0 Å². The van der Waals surface area contributed by atoms with Crippen LogP contribution in [0.25, 0.3) is 10.9 Å². The highest BCUT2D eigenvalue weighted by molar-refractivity contribution is 5.85. The van der Waals surface area contributed by atoms with Gasteiger partial charge in [-0.15, -0.1) is 0 Å². The molecule has 3 N–H and O–H groups in total. The van der Waals surface area contributed by atoms with E-state index >= 15 is 0 Å². The van der Waals surface area contributed by atoms with Crippen molar-refractivity contribution in [2.45, 2.75) is 6.18 Å². The number of rotatable bonds is 0. The van der Waals surface area contributed by atoms with Crippen molar-refractivity contribution in [1.29, 1.82) is 0 Å². The summed E-state index contributed by atoms with van der Waals surface area (Å²) >= 11 is 0. The van der Waals surface area contributed by atoms with Gasteiger partial charge in [0.25, 0.3) is 0 Å². The molecular formula is C10H7F3N2O. The summed E-state index contributed by atoms with van der Waals surface area (Å²) in [6, 6.07) is 4.50. The molecule has 0 radical (unpaired) electrons. The molecule has 0 aliphatic carbocycles. The molecule has 2 aromatic rings. The first-order valence-electron chi connectivity index (χ1n) is 4.38. The number of pyridine rings is 1. The molecule has 0 bridgehead atoms. The van der Waals surface area contributed by atoms with Crippen LogP contribution >= 0.6 is 0 Å². The summed E-state index contributed by atoms with van der Waals surface area (Å²) < 4.78 is 37.9. The van der Waals surface area contributed by atoms with Crippen molar-refractivity contribution in [2.24, 2.45) is 0 Å². The first-order valence-corrected chi connectivity index (χ1v) is 4.38. The molecule has 1 heterocycles. The fraction of sp³-hybridized carbons (Fsp3) is 0.100. The third kappa shape index (κ3) is 1.73. The number of hydrogen-bond donors (Lipinski definition) is 2. The molecule has 2 rings (SSSR count). The van der Waals surface area contributed by atoms with Crippen LogP contribution in [0.1, 0.15) is 5.56 Å². The van der Waals surface area contributed by atoms with E-state index < -0.39 is 17.3 Å². The van der Waals surface area contributed by atoms with Crippen LogP contribution in [0.15, 0.2) is 29.1 Å². The second-order valence-electron chi connectivity index (χ2n) is 3.35. The third-order valence-electron chi connectivity index (χ3n) is 2.17. The van der Waals surface area contributed by atoms with Crippen LogP contribution < -0.4 is 11.3 Å². The number of benzene rings is 1. The zero-order chi connectivity index (χ0) is 11.9. The summed E-state index contributed by atoms with van der Waals surface area (Å²) in [5.74, 6) is 0. The van der Waals surface area contributed by atoms with Crippen molar-refractivity contribution in [3.8, 4) is 0 Å². The van der Waals surface area contributed by atoms with Crippen LogP contribution in [0.3, 0.4) is 0 Å². The van der Waals surface area contributed by atoms with Crippen molar-refractivity contribution in [3.63, 3.8) is 0 Å². The Hall–Kier alpha value is -1.98. The van der Waals surface area contributed by atoms with E-state index in [1.165, 1.54) is 18.2 Å². The van der Waals surface area contributed by atoms with Gasteiger partial charge in [0.2, 0.25) is 5.56 Å². The largest absolute Gasteiger partial charge is 0.417 e. The Bertz CT molecular complexity index is 601. The number of aromatic amines is 1. The Balaban J connectivity index is 2.91. The van der Waals surface area contributed by atoms with Crippen LogP contribution in [0.2, 0.25) is 0 Å². The highest BCUT2D eigenvalue weighted by Gasteiger charge is 2.33. The van der Waals surface area contributed by atoms with E-state index in [1.54, 1.807) is 0 Å². The Morgan fingerprint density at radius 3 is 2.50 bits per heavy atom. The summed E-state index contributed by atoms with van der Waals surface area (Å²) in [6.45, 7) is 0. The van der Waals surface area contributed by atoms with Crippen molar-refractivity contribution in [3.05, 3.63) is 40.2 Å². The number of hydrogen-bond acceptors (Lipinski definition) is 2. The Morgan fingerprint density at radius 1 is 1.19 bits per heavy atom. The first kappa shape index (κ1) is 10.5. The maximum atomic E-state index is 12.6. The Kier molecular flexibility index (Phi) is 2.15. The number of aromatic nitrogens is 1. The molecule has 0 unspecified atom stereocenters. The second kappa shape index (κ2) is 3.26. The molecule has 1 aromatic carbocycles. The lowest BCUT2D eigenvalue weighted by molar-refractivity contribution is -0.136. The fourth-order valence-corrected chi connectivity index (χ4v) is 1.51. The molecule has 1 aromatic heterocycles. The zero-order valence-electron chi connectivity index (χ0n) is 7.93. The maximum Gasteiger partial charge on any atom is 0.417 e. The lowest BCUT2D eigenvalue weighted by Gasteiger charge is -2.09. The average molecular weight is 228 g/mol. The van der Waals surface area contributed by atoms with E-state index in [4.69, 9.17) is 5.73 Å². The van der Waals surface area contributed by atoms with Gasteiger partial charge < -0.3 is 10.7 Å². The van der Waals surface area contributed by atoms with Crippen LogP contribution in [0.5, 0.6) is 0 Å². The molecule has 84 valence electrons. The van der Waals surface area contributed by atoms with Crippen molar-refractivity contribution >= 4 is 16.6 Å². The monoisotopic (exact) mass is 228 g/mol. The third-order valence-corrected chi connectivity index (χ3v) is 2.17. The molecule has 0 spiro atoms. The van der Waals surface area contributed by atoms with E-state index in [2.05, 4.69) is 4.98 Å². The van der Waals surface area contributed by atoms with E-state index in [1.807, 2.05) is 0 Å². The Labute approximate surface area is 87.7 Å². The van der Waals surface area contributed by atoms with Crippen molar-refractivity contribution < 1.29 is 13.2 Å². The number of halogens is 3. The van der Waals surface area contributed by atoms with Gasteiger partial charge in [0.1, 0.15) is 0 Å². The standard InChI is InChI=1S/C10H7F3N2O/c11-10(12,13)7-4-9(16)15-8-2-1-5(14)3-6(7)8/h1-4H,14H2,(H,15,16). The SMILES string of the molecule is Nc1ccc2[nH]c(=O)cc(C(F)(F)F)c2c1. The summed E-state index contributed by atoms with van der Waals surface area (Å²) in [4.78, 5) is 13.4. The lowest BCUT2D eigenvalue weighted by Crippen LogP contribution is -2.13. The average Bonchev–Trinajstić information content (AvgIpc) is 2.16. The van der Waals surface area contributed by atoms with E-state index in [0.29, 0.717) is 6.07 Å². The summed E-state index contributed by atoms with van der Waals surface area (Å²) in [6.07, 6.45) is -4.57. The van der Waals surface area contributed by atoms with Crippen LogP contribution in [0.4, 0.5) is 18.9 Å². The fourth-order valence-electron chi connectivity index (χ4n) is 1.51. The molecule has 6 heteroatoms. The van der Waals surface area contributed by atoms with Gasteiger partial charge >= 0.3 is 6.18 Å². The van der Waals surface area contributed by atoms with Gasteiger partial charge in [-0.2, -0.15) is 13.2 Å². The molecule has 0 fully saturated rings. The molecule has 0 aliphatic heterocycles. The minimum Gasteiger partial charge on any atom is -0.399 e. The molecule has 0 saturated heterocycles. The number of alkyl halides is 3. The molecule has 3 nitrogen and oxygen atoms in total. The minimum absolute atomic E-state index is 0.105. The van der Waals surface area contributed by atoms with Gasteiger partial charge in [-0.25, -0.2) is 0 Å². The molecule has 0 atom stereocenters. The summed E-state index contributed by atoms with van der Waals surface area (Å²) in [7, 11) is 0. The van der Waals surface area contributed by atoms with Gasteiger partial charge in [-0.05, 0) is 18.2 Å². The summed E-state index contributed by atoms with van der Waals surface area (Å²) in [5.41, 5.74) is 3.99. The highest BCUT2D eigenvalue weighted by Crippen LogP contribution is 2.33. The molecular weight excluding hydrogens is 221 g/mol. The minimum atomic E-state index is -4.57. The van der Waals surface area contributed by atoms with Crippen LogP contribution in [-0.2, 0) is 6.18 Å². The van der Waals surface area contributed by atoms with Crippen LogP contribution in [0, 0.1) is 0 Å². The molecule has 0 aliphatic rings. The predicted octanol–water partition coefficient (Wildman–Crippen LogP) is 2.13. The predicted molar refractivity (Wildman–Crippen MR) is 54.0 cm³/mol. The number of fused-ring (bicyclic) bond motifs is 1. The van der Waals surface area contributed by atoms with Crippen molar-refractivity contribution in [1.82, 2.24) is 4.98 Å². The zero-order valence-corrected chi connectivity index (χ0v) is 7.93. The number of nitrogens with one attached hydrogen (secondary N) is 1. The number of nitrogen functional groups attached to an aromatic ring is 1. The van der Waals surface area contributed by atoms with Gasteiger partial charge in [0.15, 0.2) is 0 Å². The number of nitrogens with two attached hydrogens (primary N) is 1. The van der Waals surface area contributed by atoms with Gasteiger partial charge in [-0.1, -0.05) is 0 Å². The van der Waals surface area contributed by atoms with Crippen molar-refractivity contribution in [2.75, 3.05) is 5.73 Å². The second-order valence-corrected chi connectivity index (χ2v) is 3.35. The van der Waals surface area contributed by atoms with Crippen LogP contribution in [-0.4, -0.2) is 4.98 Å². The molecule has 0 amide bonds. The smallest absolute Gasteiger partial charge is 0.399 e. The quantitative estimate of drug-likeness (QED) is 0.678. The first-order chi connectivity index (χ1) is 7.38. The topological polar surface area (TPSA) is 58.9 Å². The van der Waals surface area contributed by atoms with Gasteiger partial charge in [0.05, 0.1) is 5.56 Å². The number of anilines is 1. The molecule has 0 saturated carbocycles. The van der Waals surface area contributed by atoms with Gasteiger partial charge in [0, 0.05) is 22.7 Å². The van der Waals surface area contributed by atoms with Gasteiger partial charge in [-0.3, -0.25) is 4.79 Å². The maximum absolute atomic E-state index is 12.6. The highest BCUT2D eigenvalue weighted by atomic mass is 19.4. The Morgan fingerprint density at radius 2 is 1.88 bits per heavy atom. The normalized spacial score (nSPS) is 11.9. The lowest BCUT2D eigenvalue weighted by atomic mass is 10.1. The number of H-pyrrole nitrogens is 1. The van der Waals surface area contributed by atoms with E-state index in [-0.39, 0.29) is 16.6 Å². The molecule has 16 heavy (non-hydrogen) atoms. The van der Waals surface area contributed by atoms with E-state index in [9.17, 15) is 18.0 Å². The summed E-state index contributed by atoms with van der Waals surface area (Å²) in [5, 5.41) is -0.105.